The fraction of sp³-hybridized carbons (Fsp3) is 0.176. The summed E-state index contributed by atoms with van der Waals surface area (Å²) < 4.78 is 37.6. The van der Waals surface area contributed by atoms with Crippen LogP contribution in [0.5, 0.6) is 0 Å². The van der Waals surface area contributed by atoms with Gasteiger partial charge in [0.25, 0.3) is 5.91 Å². The quantitative estimate of drug-likeness (QED) is 0.713. The maximum atomic E-state index is 12.5. The number of aromatic nitrogens is 3. The van der Waals surface area contributed by atoms with Gasteiger partial charge in [-0.3, -0.25) is 9.78 Å². The van der Waals surface area contributed by atoms with Gasteiger partial charge >= 0.3 is 6.18 Å². The van der Waals surface area contributed by atoms with Crippen molar-refractivity contribution >= 4 is 28.1 Å². The molecule has 27 heavy (non-hydrogen) atoms. The van der Waals surface area contributed by atoms with Crippen LogP contribution in [-0.4, -0.2) is 28.1 Å². The first-order valence-corrected chi connectivity index (χ1v) is 8.58. The normalized spacial score (nSPS) is 11.3. The molecule has 0 radical (unpaired) electrons. The fourth-order valence-corrected chi connectivity index (χ4v) is 2.84. The highest BCUT2D eigenvalue weighted by molar-refractivity contribution is 7.15. The SMILES string of the molecule is CN(C(=O)c1ccncc1)c1ccc(CNc2nnc(C(F)(F)F)s2)cc1. The van der Waals surface area contributed by atoms with Gasteiger partial charge in [0.15, 0.2) is 0 Å². The molecule has 0 spiro atoms. The summed E-state index contributed by atoms with van der Waals surface area (Å²) in [5, 5.41) is 8.51. The maximum Gasteiger partial charge on any atom is 0.445 e. The number of halogens is 3. The average molecular weight is 393 g/mol. The lowest BCUT2D eigenvalue weighted by atomic mass is 10.1. The molecule has 0 aliphatic rings. The second-order valence-electron chi connectivity index (χ2n) is 5.53. The number of carbonyl (C=O) groups is 1. The van der Waals surface area contributed by atoms with E-state index in [0.29, 0.717) is 22.6 Å². The molecule has 0 fully saturated rings. The number of amides is 1. The van der Waals surface area contributed by atoms with Gasteiger partial charge in [0.2, 0.25) is 10.1 Å². The highest BCUT2D eigenvalue weighted by Gasteiger charge is 2.35. The highest BCUT2D eigenvalue weighted by atomic mass is 32.1. The predicted octanol–water partition coefficient (Wildman–Crippen LogP) is 3.84. The van der Waals surface area contributed by atoms with Crippen molar-refractivity contribution in [3.8, 4) is 0 Å². The number of rotatable bonds is 5. The lowest BCUT2D eigenvalue weighted by Gasteiger charge is -2.17. The number of carbonyl (C=O) groups excluding carboxylic acids is 1. The van der Waals surface area contributed by atoms with Crippen LogP contribution >= 0.6 is 11.3 Å². The number of benzene rings is 1. The standard InChI is InChI=1S/C17H14F3N5OS/c1-25(14(26)12-6-8-21-9-7-12)13-4-2-11(3-5-13)10-22-16-24-23-15(27-16)17(18,19)20/h2-9H,10H2,1H3,(H,22,24). The summed E-state index contributed by atoms with van der Waals surface area (Å²) in [4.78, 5) is 17.8. The Hall–Kier alpha value is -3.01. The molecule has 6 nitrogen and oxygen atoms in total. The zero-order chi connectivity index (χ0) is 19.4. The molecule has 140 valence electrons. The van der Waals surface area contributed by atoms with Crippen LogP contribution < -0.4 is 10.2 Å². The van der Waals surface area contributed by atoms with E-state index >= 15 is 0 Å². The molecule has 10 heteroatoms. The summed E-state index contributed by atoms with van der Waals surface area (Å²) in [7, 11) is 1.66. The number of hydrogen-bond acceptors (Lipinski definition) is 6. The summed E-state index contributed by atoms with van der Waals surface area (Å²) in [5.74, 6) is -0.170. The van der Waals surface area contributed by atoms with Crippen molar-refractivity contribution in [2.75, 3.05) is 17.3 Å². The van der Waals surface area contributed by atoms with Crippen LogP contribution in [0.3, 0.4) is 0 Å². The summed E-state index contributed by atoms with van der Waals surface area (Å²) in [6, 6.07) is 10.4. The first-order chi connectivity index (χ1) is 12.8. The fourth-order valence-electron chi connectivity index (χ4n) is 2.23. The molecule has 2 heterocycles. The predicted molar refractivity (Wildman–Crippen MR) is 95.7 cm³/mol. The van der Waals surface area contributed by atoms with Gasteiger partial charge in [0.1, 0.15) is 0 Å². The minimum atomic E-state index is -4.49. The largest absolute Gasteiger partial charge is 0.445 e. The summed E-state index contributed by atoms with van der Waals surface area (Å²) in [5.41, 5.74) is 2.04. The van der Waals surface area contributed by atoms with E-state index in [9.17, 15) is 18.0 Å². The van der Waals surface area contributed by atoms with Crippen LogP contribution in [0.25, 0.3) is 0 Å². The Labute approximate surface area is 156 Å². The summed E-state index contributed by atoms with van der Waals surface area (Å²) in [6.45, 7) is 0.286. The zero-order valence-corrected chi connectivity index (χ0v) is 14.9. The number of hydrogen-bond donors (Lipinski definition) is 1. The first kappa shape index (κ1) is 18.8. The molecule has 0 atom stereocenters. The number of nitrogens with one attached hydrogen (secondary N) is 1. The van der Waals surface area contributed by atoms with E-state index in [0.717, 1.165) is 5.56 Å². The van der Waals surface area contributed by atoms with Crippen molar-refractivity contribution in [3.63, 3.8) is 0 Å². The van der Waals surface area contributed by atoms with Gasteiger partial charge in [-0.2, -0.15) is 13.2 Å². The van der Waals surface area contributed by atoms with Crippen LogP contribution in [0.4, 0.5) is 24.0 Å². The van der Waals surface area contributed by atoms with Crippen molar-refractivity contribution in [2.45, 2.75) is 12.7 Å². The van der Waals surface area contributed by atoms with Gasteiger partial charge in [-0.25, -0.2) is 0 Å². The summed E-state index contributed by atoms with van der Waals surface area (Å²) in [6.07, 6.45) is -1.40. The van der Waals surface area contributed by atoms with Gasteiger partial charge in [-0.1, -0.05) is 23.5 Å². The van der Waals surface area contributed by atoms with E-state index in [4.69, 9.17) is 0 Å². The van der Waals surface area contributed by atoms with Crippen molar-refractivity contribution < 1.29 is 18.0 Å². The van der Waals surface area contributed by atoms with Crippen molar-refractivity contribution in [3.05, 3.63) is 64.9 Å². The topological polar surface area (TPSA) is 71.0 Å². The van der Waals surface area contributed by atoms with E-state index in [1.165, 1.54) is 4.90 Å². The molecule has 3 aromatic rings. The minimum Gasteiger partial charge on any atom is -0.356 e. The molecule has 2 aromatic heterocycles. The molecule has 0 aliphatic carbocycles. The van der Waals surface area contributed by atoms with E-state index in [1.807, 2.05) is 0 Å². The molecule has 1 N–H and O–H groups in total. The minimum absolute atomic E-state index is 0.0939. The number of nitrogens with zero attached hydrogens (tertiary/aromatic N) is 4. The van der Waals surface area contributed by atoms with Gasteiger partial charge in [-0.05, 0) is 29.8 Å². The second kappa shape index (κ2) is 7.70. The monoisotopic (exact) mass is 393 g/mol. The van der Waals surface area contributed by atoms with Crippen molar-refractivity contribution in [1.82, 2.24) is 15.2 Å². The van der Waals surface area contributed by atoms with E-state index in [2.05, 4.69) is 20.5 Å². The van der Waals surface area contributed by atoms with Gasteiger partial charge in [0.05, 0.1) is 0 Å². The molecular formula is C17H14F3N5OS. The summed E-state index contributed by atoms with van der Waals surface area (Å²) >= 11 is 0.452. The van der Waals surface area contributed by atoms with E-state index in [-0.39, 0.29) is 17.6 Å². The highest BCUT2D eigenvalue weighted by Crippen LogP contribution is 2.33. The molecule has 0 saturated heterocycles. The Kier molecular flexibility index (Phi) is 5.36. The molecule has 1 amide bonds. The molecule has 0 aliphatic heterocycles. The van der Waals surface area contributed by atoms with E-state index in [1.54, 1.807) is 55.8 Å². The van der Waals surface area contributed by atoms with Gasteiger partial charge in [0, 0.05) is 37.2 Å². The lowest BCUT2D eigenvalue weighted by molar-refractivity contribution is -0.138. The molecule has 0 saturated carbocycles. The van der Waals surface area contributed by atoms with Crippen LogP contribution in [0.2, 0.25) is 0 Å². The Morgan fingerprint density at radius 1 is 1.11 bits per heavy atom. The second-order valence-corrected chi connectivity index (χ2v) is 6.51. The molecule has 3 rings (SSSR count). The molecular weight excluding hydrogens is 379 g/mol. The lowest BCUT2D eigenvalue weighted by Crippen LogP contribution is -2.26. The van der Waals surface area contributed by atoms with Crippen LogP contribution in [0.15, 0.2) is 48.8 Å². The number of pyridine rings is 1. The third-order valence-electron chi connectivity index (χ3n) is 3.67. The third-order valence-corrected chi connectivity index (χ3v) is 4.59. The number of anilines is 2. The van der Waals surface area contributed by atoms with Crippen molar-refractivity contribution in [1.29, 1.82) is 0 Å². The molecule has 0 bridgehead atoms. The molecule has 1 aromatic carbocycles. The van der Waals surface area contributed by atoms with E-state index < -0.39 is 11.2 Å². The Morgan fingerprint density at radius 2 is 1.78 bits per heavy atom. The molecule has 0 unspecified atom stereocenters. The van der Waals surface area contributed by atoms with Crippen LogP contribution in [0, 0.1) is 0 Å². The Balaban J connectivity index is 1.62. The number of alkyl halides is 3. The third kappa shape index (κ3) is 4.59. The van der Waals surface area contributed by atoms with Crippen molar-refractivity contribution in [2.24, 2.45) is 0 Å². The average Bonchev–Trinajstić information content (AvgIpc) is 3.16. The van der Waals surface area contributed by atoms with Crippen LogP contribution in [-0.2, 0) is 12.7 Å². The van der Waals surface area contributed by atoms with Gasteiger partial charge in [-0.15, -0.1) is 10.2 Å². The van der Waals surface area contributed by atoms with Crippen LogP contribution in [0.1, 0.15) is 20.9 Å². The Bertz CT molecular complexity index is 912. The van der Waals surface area contributed by atoms with Gasteiger partial charge < -0.3 is 10.2 Å². The Morgan fingerprint density at radius 3 is 2.37 bits per heavy atom. The smallest absolute Gasteiger partial charge is 0.356 e. The maximum absolute atomic E-state index is 12.5. The first-order valence-electron chi connectivity index (χ1n) is 7.76. The zero-order valence-electron chi connectivity index (χ0n) is 14.1.